The van der Waals surface area contributed by atoms with Crippen molar-refractivity contribution in [3.8, 4) is 0 Å². The molecule has 1 saturated heterocycles. The summed E-state index contributed by atoms with van der Waals surface area (Å²) in [5, 5.41) is 8.88. The fourth-order valence-corrected chi connectivity index (χ4v) is 3.14. The lowest BCUT2D eigenvalue weighted by molar-refractivity contribution is 0.231. The minimum Gasteiger partial charge on any atom is -0.312 e. The average molecular weight is 299 g/mol. The predicted molar refractivity (Wildman–Crippen MR) is 84.1 cm³/mol. The molecule has 0 amide bonds. The zero-order valence-electron chi connectivity index (χ0n) is 13.1. The molecule has 1 N–H and O–H groups in total. The van der Waals surface area contributed by atoms with E-state index in [0.29, 0.717) is 12.0 Å². The highest BCUT2D eigenvalue weighted by Crippen LogP contribution is 2.22. The van der Waals surface area contributed by atoms with E-state index in [2.05, 4.69) is 29.2 Å². The smallest absolute Gasteiger partial charge is 0.131 e. The Hall–Kier alpha value is -0.580. The van der Waals surface area contributed by atoms with Crippen molar-refractivity contribution in [1.29, 1.82) is 0 Å². The normalized spacial score (nSPS) is 22.8. The molecule has 1 aromatic heterocycles. The van der Waals surface area contributed by atoms with E-state index in [1.54, 1.807) is 4.68 Å². The first-order chi connectivity index (χ1) is 9.52. The molecule has 2 heterocycles. The maximum atomic E-state index is 6.36. The molecule has 20 heavy (non-hydrogen) atoms. The topological polar surface area (TPSA) is 33.1 Å². The number of aromatic nitrogens is 2. The van der Waals surface area contributed by atoms with Gasteiger partial charge in [-0.1, -0.05) is 31.9 Å². The van der Waals surface area contributed by atoms with Crippen molar-refractivity contribution in [3.05, 3.63) is 16.4 Å². The summed E-state index contributed by atoms with van der Waals surface area (Å²) in [6, 6.07) is 0.582. The third-order valence-electron chi connectivity index (χ3n) is 4.49. The number of aryl methyl sites for hydroxylation is 2. The van der Waals surface area contributed by atoms with Crippen molar-refractivity contribution in [2.75, 3.05) is 19.6 Å². The fraction of sp³-hybridized carbons (Fsp3) is 0.800. The summed E-state index contributed by atoms with van der Waals surface area (Å²) in [6.45, 7) is 10.9. The third-order valence-corrected chi connectivity index (χ3v) is 4.97. The van der Waals surface area contributed by atoms with E-state index in [0.717, 1.165) is 37.0 Å². The van der Waals surface area contributed by atoms with Crippen LogP contribution in [-0.4, -0.2) is 40.4 Å². The van der Waals surface area contributed by atoms with Gasteiger partial charge in [0.2, 0.25) is 0 Å². The van der Waals surface area contributed by atoms with Crippen molar-refractivity contribution in [2.45, 2.75) is 46.2 Å². The van der Waals surface area contributed by atoms with Crippen LogP contribution in [0.5, 0.6) is 0 Å². The molecule has 114 valence electrons. The minimum atomic E-state index is 0.582. The summed E-state index contributed by atoms with van der Waals surface area (Å²) < 4.78 is 1.77. The average Bonchev–Trinajstić information content (AvgIpc) is 2.64. The van der Waals surface area contributed by atoms with Gasteiger partial charge < -0.3 is 5.32 Å². The van der Waals surface area contributed by atoms with Crippen molar-refractivity contribution in [3.63, 3.8) is 0 Å². The van der Waals surface area contributed by atoms with Crippen LogP contribution < -0.4 is 5.32 Å². The van der Waals surface area contributed by atoms with Gasteiger partial charge in [0.1, 0.15) is 5.15 Å². The summed E-state index contributed by atoms with van der Waals surface area (Å²) in [7, 11) is 1.91. The maximum Gasteiger partial charge on any atom is 0.131 e. The summed E-state index contributed by atoms with van der Waals surface area (Å²) in [5.74, 6) is 0.709. The van der Waals surface area contributed by atoms with Gasteiger partial charge in [-0.2, -0.15) is 5.10 Å². The number of hydrogen-bond acceptors (Lipinski definition) is 3. The highest BCUT2D eigenvalue weighted by Gasteiger charge is 2.23. The largest absolute Gasteiger partial charge is 0.312 e. The molecule has 5 heteroatoms. The first-order valence-corrected chi connectivity index (χ1v) is 8.04. The zero-order chi connectivity index (χ0) is 14.7. The maximum absolute atomic E-state index is 6.36. The quantitative estimate of drug-likeness (QED) is 0.927. The molecular weight excluding hydrogens is 272 g/mol. The molecule has 1 aliphatic rings. The van der Waals surface area contributed by atoms with E-state index in [-0.39, 0.29) is 0 Å². The van der Waals surface area contributed by atoms with Crippen LogP contribution in [0.3, 0.4) is 0 Å². The second-order valence-electron chi connectivity index (χ2n) is 6.01. The van der Waals surface area contributed by atoms with E-state index < -0.39 is 0 Å². The summed E-state index contributed by atoms with van der Waals surface area (Å²) in [4.78, 5) is 2.52. The summed E-state index contributed by atoms with van der Waals surface area (Å²) >= 11 is 6.36. The van der Waals surface area contributed by atoms with Crippen LogP contribution in [0.1, 0.15) is 37.9 Å². The van der Waals surface area contributed by atoms with Gasteiger partial charge in [-0.25, -0.2) is 0 Å². The lowest BCUT2D eigenvalue weighted by atomic mass is 9.99. The summed E-state index contributed by atoms with van der Waals surface area (Å²) in [5.41, 5.74) is 2.23. The Balaban J connectivity index is 2.07. The number of hydrogen-bond donors (Lipinski definition) is 1. The molecule has 1 fully saturated rings. The molecule has 0 spiro atoms. The van der Waals surface area contributed by atoms with Gasteiger partial charge in [-0.3, -0.25) is 9.58 Å². The molecule has 0 bridgehead atoms. The number of rotatable bonds is 4. The molecule has 4 nitrogen and oxygen atoms in total. The number of nitrogens with zero attached hydrogens (tertiary/aromatic N) is 3. The molecule has 0 radical (unpaired) electrons. The van der Waals surface area contributed by atoms with E-state index >= 15 is 0 Å². The Labute approximate surface area is 127 Å². The van der Waals surface area contributed by atoms with Crippen LogP contribution in [0.15, 0.2) is 0 Å². The fourth-order valence-electron chi connectivity index (χ4n) is 2.91. The van der Waals surface area contributed by atoms with E-state index in [1.807, 2.05) is 14.0 Å². The van der Waals surface area contributed by atoms with Crippen molar-refractivity contribution in [1.82, 2.24) is 20.0 Å². The van der Waals surface area contributed by atoms with Crippen molar-refractivity contribution in [2.24, 2.45) is 13.0 Å². The van der Waals surface area contributed by atoms with Crippen molar-refractivity contribution >= 4 is 11.6 Å². The Morgan fingerprint density at radius 1 is 1.50 bits per heavy atom. The van der Waals surface area contributed by atoms with Crippen LogP contribution in [0, 0.1) is 12.8 Å². The highest BCUT2D eigenvalue weighted by molar-refractivity contribution is 6.30. The molecule has 2 atom stereocenters. The molecule has 2 unspecified atom stereocenters. The third kappa shape index (κ3) is 3.54. The van der Waals surface area contributed by atoms with Gasteiger partial charge in [0.15, 0.2) is 0 Å². The minimum absolute atomic E-state index is 0.582. The number of nitrogens with one attached hydrogen (secondary N) is 1. The molecular formula is C15H27ClN4. The van der Waals surface area contributed by atoms with Gasteiger partial charge in [-0.15, -0.1) is 0 Å². The van der Waals surface area contributed by atoms with Crippen LogP contribution >= 0.6 is 11.6 Å². The van der Waals surface area contributed by atoms with Crippen LogP contribution in [0.4, 0.5) is 0 Å². The van der Waals surface area contributed by atoms with E-state index in [1.165, 1.54) is 18.4 Å². The monoisotopic (exact) mass is 298 g/mol. The van der Waals surface area contributed by atoms with Crippen LogP contribution in [0.25, 0.3) is 0 Å². The highest BCUT2D eigenvalue weighted by atomic mass is 35.5. The Morgan fingerprint density at radius 3 is 2.85 bits per heavy atom. The molecule has 0 saturated carbocycles. The molecule has 0 aromatic carbocycles. The van der Waals surface area contributed by atoms with Crippen LogP contribution in [0.2, 0.25) is 5.15 Å². The lowest BCUT2D eigenvalue weighted by Crippen LogP contribution is -2.41. The van der Waals surface area contributed by atoms with Gasteiger partial charge in [0.25, 0.3) is 0 Å². The lowest BCUT2D eigenvalue weighted by Gasteiger charge is -2.28. The van der Waals surface area contributed by atoms with E-state index in [4.69, 9.17) is 11.6 Å². The second kappa shape index (κ2) is 6.92. The van der Waals surface area contributed by atoms with Crippen LogP contribution in [-0.2, 0) is 13.6 Å². The van der Waals surface area contributed by atoms with Gasteiger partial charge in [0, 0.05) is 31.7 Å². The first-order valence-electron chi connectivity index (χ1n) is 7.66. The molecule has 1 aliphatic heterocycles. The van der Waals surface area contributed by atoms with Crippen molar-refractivity contribution < 1.29 is 0 Å². The second-order valence-corrected chi connectivity index (χ2v) is 6.37. The standard InChI is InChI=1S/C15H27ClN4/c1-5-11(2)14-10-20(8-6-7-17-14)9-13-12(3)18-19(4)15(13)16/h11,14,17H,5-10H2,1-4H3. The predicted octanol–water partition coefficient (Wildman–Crippen LogP) is 2.59. The SMILES string of the molecule is CCC(C)C1CN(Cc2c(C)nn(C)c2Cl)CCCN1. The Morgan fingerprint density at radius 2 is 2.25 bits per heavy atom. The number of halogens is 1. The summed E-state index contributed by atoms with van der Waals surface area (Å²) in [6.07, 6.45) is 2.42. The molecule has 0 aliphatic carbocycles. The van der Waals surface area contributed by atoms with Gasteiger partial charge >= 0.3 is 0 Å². The van der Waals surface area contributed by atoms with Gasteiger partial charge in [-0.05, 0) is 32.4 Å². The molecule has 2 rings (SSSR count). The molecule has 1 aromatic rings. The van der Waals surface area contributed by atoms with Gasteiger partial charge in [0.05, 0.1) is 5.69 Å². The Kier molecular flexibility index (Phi) is 5.47. The van der Waals surface area contributed by atoms with E-state index in [9.17, 15) is 0 Å². The Bertz CT molecular complexity index is 443. The zero-order valence-corrected chi connectivity index (χ0v) is 13.9. The first kappa shape index (κ1) is 15.8.